The number of hydrogen-bond donors (Lipinski definition) is 1. The Balaban J connectivity index is 0.000000829. The van der Waals surface area contributed by atoms with E-state index in [2.05, 4.69) is 0 Å². The summed E-state index contributed by atoms with van der Waals surface area (Å²) in [5.41, 5.74) is 1.18. The van der Waals surface area contributed by atoms with Gasteiger partial charge >= 0.3 is 0 Å². The van der Waals surface area contributed by atoms with E-state index >= 15 is 0 Å². The Morgan fingerprint density at radius 1 is 0.950 bits per heavy atom. The van der Waals surface area contributed by atoms with Crippen LogP contribution in [0.15, 0.2) is 18.2 Å². The zero-order chi connectivity index (χ0) is 15.9. The van der Waals surface area contributed by atoms with Gasteiger partial charge in [-0.3, -0.25) is 0 Å². The number of halogens is 2. The van der Waals surface area contributed by atoms with E-state index < -0.39 is 11.6 Å². The Labute approximate surface area is 120 Å². The molecular formula is C17H24F2O. The number of benzene rings is 2. The van der Waals surface area contributed by atoms with Crippen LogP contribution >= 0.6 is 0 Å². The van der Waals surface area contributed by atoms with Crippen molar-refractivity contribution >= 4 is 10.8 Å². The molecule has 0 radical (unpaired) electrons. The van der Waals surface area contributed by atoms with Gasteiger partial charge < -0.3 is 5.11 Å². The molecule has 0 aliphatic heterocycles. The minimum atomic E-state index is -0.635. The smallest absolute Gasteiger partial charge is 0.134 e. The van der Waals surface area contributed by atoms with Crippen LogP contribution in [0.1, 0.15) is 45.7 Å². The zero-order valence-electron chi connectivity index (χ0n) is 13.1. The molecule has 0 aliphatic rings. The van der Waals surface area contributed by atoms with Gasteiger partial charge in [-0.25, -0.2) is 8.78 Å². The number of rotatable bonds is 1. The monoisotopic (exact) mass is 282 g/mol. The maximum Gasteiger partial charge on any atom is 0.134 e. The van der Waals surface area contributed by atoms with Gasteiger partial charge in [0, 0.05) is 11.5 Å². The van der Waals surface area contributed by atoms with E-state index in [9.17, 15) is 13.9 Å². The van der Waals surface area contributed by atoms with Crippen molar-refractivity contribution in [3.63, 3.8) is 0 Å². The average Bonchev–Trinajstić information content (AvgIpc) is 2.44. The van der Waals surface area contributed by atoms with Crippen LogP contribution in [0.5, 0.6) is 5.75 Å². The third-order valence-electron chi connectivity index (χ3n) is 2.77. The molecule has 2 aromatic carbocycles. The van der Waals surface area contributed by atoms with E-state index in [4.69, 9.17) is 0 Å². The van der Waals surface area contributed by atoms with E-state index in [0.29, 0.717) is 22.9 Å². The SMILES string of the molecule is CC.CC.CCc1c(F)cc(F)c2cc(O)cc(C)c12. The van der Waals surface area contributed by atoms with Crippen molar-refractivity contribution in [3.8, 4) is 5.75 Å². The van der Waals surface area contributed by atoms with Gasteiger partial charge in [-0.1, -0.05) is 34.6 Å². The van der Waals surface area contributed by atoms with Gasteiger partial charge in [-0.2, -0.15) is 0 Å². The fourth-order valence-corrected chi connectivity index (χ4v) is 2.10. The maximum absolute atomic E-state index is 13.6. The van der Waals surface area contributed by atoms with E-state index in [0.717, 1.165) is 6.07 Å². The number of aryl methyl sites for hydroxylation is 2. The molecule has 0 aromatic heterocycles. The van der Waals surface area contributed by atoms with Crippen molar-refractivity contribution in [1.82, 2.24) is 0 Å². The van der Waals surface area contributed by atoms with Crippen LogP contribution in [-0.2, 0) is 6.42 Å². The largest absolute Gasteiger partial charge is 0.508 e. The molecule has 0 spiro atoms. The van der Waals surface area contributed by atoms with Crippen molar-refractivity contribution in [3.05, 3.63) is 41.0 Å². The molecule has 20 heavy (non-hydrogen) atoms. The summed E-state index contributed by atoms with van der Waals surface area (Å²) in [5.74, 6) is -1.16. The second kappa shape index (κ2) is 8.51. The Kier molecular flexibility index (Phi) is 7.82. The minimum Gasteiger partial charge on any atom is -0.508 e. The second-order valence-corrected chi connectivity index (χ2v) is 3.86. The molecule has 0 unspecified atom stereocenters. The fourth-order valence-electron chi connectivity index (χ4n) is 2.10. The van der Waals surface area contributed by atoms with E-state index in [1.165, 1.54) is 12.1 Å². The highest BCUT2D eigenvalue weighted by Crippen LogP contribution is 2.31. The topological polar surface area (TPSA) is 20.2 Å². The molecule has 2 rings (SSSR count). The first kappa shape index (κ1) is 18.4. The number of hydrogen-bond acceptors (Lipinski definition) is 1. The molecule has 1 N–H and O–H groups in total. The molecule has 1 nitrogen and oxygen atoms in total. The van der Waals surface area contributed by atoms with Gasteiger partial charge in [0.2, 0.25) is 0 Å². The van der Waals surface area contributed by atoms with Crippen LogP contribution in [0.4, 0.5) is 8.78 Å². The van der Waals surface area contributed by atoms with Gasteiger partial charge in [0.05, 0.1) is 0 Å². The van der Waals surface area contributed by atoms with Crippen LogP contribution in [0.25, 0.3) is 10.8 Å². The molecule has 2 aromatic rings. The van der Waals surface area contributed by atoms with Crippen LogP contribution in [0, 0.1) is 18.6 Å². The molecule has 0 saturated carbocycles. The number of phenols is 1. The number of fused-ring (bicyclic) bond motifs is 1. The van der Waals surface area contributed by atoms with Crippen LogP contribution < -0.4 is 0 Å². The summed E-state index contributed by atoms with van der Waals surface area (Å²) in [4.78, 5) is 0. The summed E-state index contributed by atoms with van der Waals surface area (Å²) in [6.45, 7) is 11.6. The van der Waals surface area contributed by atoms with E-state index in [1.54, 1.807) is 6.92 Å². The quantitative estimate of drug-likeness (QED) is 0.706. The fraction of sp³-hybridized carbons (Fsp3) is 0.412. The van der Waals surface area contributed by atoms with Gasteiger partial charge in [0.25, 0.3) is 0 Å². The Hall–Kier alpha value is -1.64. The summed E-state index contributed by atoms with van der Waals surface area (Å²) < 4.78 is 27.1. The molecule has 0 saturated heterocycles. The average molecular weight is 282 g/mol. The van der Waals surface area contributed by atoms with Crippen molar-refractivity contribution in [2.75, 3.05) is 0 Å². The summed E-state index contributed by atoms with van der Waals surface area (Å²) >= 11 is 0. The van der Waals surface area contributed by atoms with Crippen molar-refractivity contribution in [2.45, 2.75) is 48.0 Å². The second-order valence-electron chi connectivity index (χ2n) is 3.86. The summed E-state index contributed by atoms with van der Waals surface area (Å²) in [7, 11) is 0. The highest BCUT2D eigenvalue weighted by Gasteiger charge is 2.13. The molecule has 0 aliphatic carbocycles. The molecule has 112 valence electrons. The first-order valence-electron chi connectivity index (χ1n) is 7.14. The molecule has 3 heteroatoms. The lowest BCUT2D eigenvalue weighted by Crippen LogP contribution is -1.95. The molecule has 0 heterocycles. The van der Waals surface area contributed by atoms with Crippen molar-refractivity contribution < 1.29 is 13.9 Å². The van der Waals surface area contributed by atoms with Crippen molar-refractivity contribution in [2.24, 2.45) is 0 Å². The molecule has 0 bridgehead atoms. The molecule has 0 fully saturated rings. The lowest BCUT2D eigenvalue weighted by molar-refractivity contribution is 0.475. The lowest BCUT2D eigenvalue weighted by Gasteiger charge is -2.10. The highest BCUT2D eigenvalue weighted by atomic mass is 19.1. The predicted molar refractivity (Wildman–Crippen MR) is 82.3 cm³/mol. The minimum absolute atomic E-state index is 0.00226. The third-order valence-corrected chi connectivity index (χ3v) is 2.77. The summed E-state index contributed by atoms with van der Waals surface area (Å²) in [5, 5.41) is 10.2. The zero-order valence-corrected chi connectivity index (χ0v) is 13.1. The van der Waals surface area contributed by atoms with E-state index in [1.807, 2.05) is 34.6 Å². The normalized spacial score (nSPS) is 9.40. The Bertz CT molecular complexity index is 563. The Morgan fingerprint density at radius 2 is 1.50 bits per heavy atom. The summed E-state index contributed by atoms with van der Waals surface area (Å²) in [6, 6.07) is 3.72. The molecule has 0 atom stereocenters. The van der Waals surface area contributed by atoms with Crippen LogP contribution in [0.2, 0.25) is 0 Å². The van der Waals surface area contributed by atoms with Crippen LogP contribution in [-0.4, -0.2) is 5.11 Å². The molecule has 0 amide bonds. The Morgan fingerprint density at radius 3 is 2.00 bits per heavy atom. The predicted octanol–water partition coefficient (Wildman–Crippen LogP) is 5.75. The van der Waals surface area contributed by atoms with E-state index in [-0.39, 0.29) is 11.1 Å². The van der Waals surface area contributed by atoms with Crippen molar-refractivity contribution in [1.29, 1.82) is 0 Å². The van der Waals surface area contributed by atoms with Gasteiger partial charge in [-0.15, -0.1) is 0 Å². The van der Waals surface area contributed by atoms with Gasteiger partial charge in [0.15, 0.2) is 0 Å². The first-order chi connectivity index (χ1) is 9.54. The van der Waals surface area contributed by atoms with Gasteiger partial charge in [0.1, 0.15) is 17.4 Å². The first-order valence-corrected chi connectivity index (χ1v) is 7.14. The maximum atomic E-state index is 13.6. The molecular weight excluding hydrogens is 258 g/mol. The van der Waals surface area contributed by atoms with Gasteiger partial charge in [-0.05, 0) is 42.0 Å². The summed E-state index contributed by atoms with van der Waals surface area (Å²) in [6.07, 6.45) is 0.494. The lowest BCUT2D eigenvalue weighted by atomic mass is 9.97. The van der Waals surface area contributed by atoms with Crippen LogP contribution in [0.3, 0.4) is 0 Å². The number of aromatic hydroxyl groups is 1. The highest BCUT2D eigenvalue weighted by molar-refractivity contribution is 5.90. The third kappa shape index (κ3) is 3.69. The standard InChI is InChI=1S/C13H12F2O.2C2H6/c1-3-9-11(14)6-12(15)10-5-8(16)4-7(2)13(9)10;2*1-2/h4-6,16H,3H2,1-2H3;2*1-2H3. The number of phenolic OH excluding ortho intramolecular Hbond substituents is 1.